The van der Waals surface area contributed by atoms with Gasteiger partial charge in [-0.2, -0.15) is 0 Å². The Hall–Kier alpha value is -0.770. The van der Waals surface area contributed by atoms with Crippen molar-refractivity contribution in [1.82, 2.24) is 0 Å². The second-order valence-corrected chi connectivity index (χ2v) is 14.3. The molecule has 3 aliphatic heterocycles. The first-order chi connectivity index (χ1) is 18.1. The van der Waals surface area contributed by atoms with Gasteiger partial charge in [0, 0.05) is 18.4 Å². The van der Waals surface area contributed by atoms with Crippen LogP contribution in [0.25, 0.3) is 0 Å². The molecule has 0 amide bonds. The van der Waals surface area contributed by atoms with E-state index in [1.54, 1.807) is 6.92 Å². The number of aliphatic hydroxyl groups is 2. The van der Waals surface area contributed by atoms with Gasteiger partial charge in [-0.25, -0.2) is 0 Å². The Balaban J connectivity index is 1.08. The molecule has 8 heteroatoms. The summed E-state index contributed by atoms with van der Waals surface area (Å²) in [7, 11) is 1.50. The standard InChI is InChI=1S/C30H46O8/c1-15-23(32)25(34-4)24(33)27(35-15)36-17-7-10-28(2)16(13-17)5-6-21-20(28)8-11-29(3)19-9-12-30(21,29)38-26-18(19)14-22(31)37-26/h15-21,23-27,32-33H,5-14H2,1-4H3/t15-,16-,17-,18+,19-,20+,21-,23+,24+,25+,26+,27-,28-,29+,30-/m0/s1. The van der Waals surface area contributed by atoms with Crippen LogP contribution in [0.5, 0.6) is 0 Å². The van der Waals surface area contributed by atoms with Gasteiger partial charge in [-0.1, -0.05) is 13.8 Å². The van der Waals surface area contributed by atoms with Crippen molar-refractivity contribution in [2.24, 2.45) is 40.4 Å². The van der Waals surface area contributed by atoms with Crippen LogP contribution < -0.4 is 0 Å². The molecule has 4 aliphatic carbocycles. The monoisotopic (exact) mass is 534 g/mol. The minimum Gasteiger partial charge on any atom is -0.435 e. The number of rotatable bonds is 3. The van der Waals surface area contributed by atoms with Crippen LogP contribution in [0.4, 0.5) is 0 Å². The molecule has 7 aliphatic rings. The molecule has 15 atom stereocenters. The smallest absolute Gasteiger partial charge is 0.308 e. The highest BCUT2D eigenvalue weighted by atomic mass is 16.7. The van der Waals surface area contributed by atoms with E-state index in [9.17, 15) is 15.0 Å². The van der Waals surface area contributed by atoms with Crippen molar-refractivity contribution in [3.8, 4) is 0 Å². The fraction of sp³-hybridized carbons (Fsp3) is 0.967. The van der Waals surface area contributed by atoms with E-state index in [-0.39, 0.29) is 40.7 Å². The van der Waals surface area contributed by atoms with E-state index in [2.05, 4.69) is 13.8 Å². The van der Waals surface area contributed by atoms with E-state index in [1.165, 1.54) is 20.0 Å². The van der Waals surface area contributed by atoms with E-state index in [1.807, 2.05) is 0 Å². The summed E-state index contributed by atoms with van der Waals surface area (Å²) in [5, 5.41) is 21.1. The number of carbonyl (C=O) groups excluding carboxylic acids is 1. The lowest BCUT2D eigenvalue weighted by Gasteiger charge is -2.67. The molecule has 3 saturated heterocycles. The number of esters is 1. The fourth-order valence-corrected chi connectivity index (χ4v) is 11.1. The molecule has 0 radical (unpaired) electrons. The maximum absolute atomic E-state index is 12.2. The Morgan fingerprint density at radius 1 is 0.947 bits per heavy atom. The molecule has 7 fully saturated rings. The van der Waals surface area contributed by atoms with Crippen LogP contribution in [-0.2, 0) is 28.5 Å². The highest BCUT2D eigenvalue weighted by Gasteiger charge is 2.74. The number of hydrogen-bond donors (Lipinski definition) is 2. The summed E-state index contributed by atoms with van der Waals surface area (Å²) in [4.78, 5) is 12.2. The summed E-state index contributed by atoms with van der Waals surface area (Å²) in [5.74, 6) is 2.36. The van der Waals surface area contributed by atoms with Crippen molar-refractivity contribution in [3.05, 3.63) is 0 Å². The molecule has 8 nitrogen and oxygen atoms in total. The molecule has 0 aromatic heterocycles. The van der Waals surface area contributed by atoms with Crippen LogP contribution in [0.15, 0.2) is 0 Å². The zero-order valence-electron chi connectivity index (χ0n) is 23.3. The third kappa shape index (κ3) is 3.40. The number of fused-ring (bicyclic) bond motifs is 5. The topological polar surface area (TPSA) is 104 Å². The van der Waals surface area contributed by atoms with Crippen molar-refractivity contribution in [2.75, 3.05) is 7.11 Å². The number of methoxy groups -OCH3 is 1. The summed E-state index contributed by atoms with van der Waals surface area (Å²) < 4.78 is 30.4. The summed E-state index contributed by atoms with van der Waals surface area (Å²) in [6.45, 7) is 6.78. The van der Waals surface area contributed by atoms with Gasteiger partial charge in [0.25, 0.3) is 0 Å². The summed E-state index contributed by atoms with van der Waals surface area (Å²) in [5.41, 5.74) is 0.203. The molecule has 0 aromatic carbocycles. The second kappa shape index (κ2) is 8.86. The average Bonchev–Trinajstić information content (AvgIpc) is 3.34. The lowest BCUT2D eigenvalue weighted by atomic mass is 9.42. The summed E-state index contributed by atoms with van der Waals surface area (Å²) in [6, 6.07) is 0. The van der Waals surface area contributed by atoms with E-state index >= 15 is 0 Å². The van der Waals surface area contributed by atoms with Crippen molar-refractivity contribution < 1.29 is 38.7 Å². The number of ether oxygens (including phenoxy) is 5. The molecule has 2 N–H and O–H groups in total. The van der Waals surface area contributed by atoms with Gasteiger partial charge < -0.3 is 33.9 Å². The minimum absolute atomic E-state index is 0.0247. The summed E-state index contributed by atoms with van der Waals surface area (Å²) in [6.07, 6.45) is 6.35. The average molecular weight is 535 g/mol. The van der Waals surface area contributed by atoms with Gasteiger partial charge in [0.2, 0.25) is 6.29 Å². The van der Waals surface area contributed by atoms with Gasteiger partial charge in [-0.05, 0) is 93.8 Å². The van der Waals surface area contributed by atoms with Crippen LogP contribution in [0, 0.1) is 40.4 Å². The minimum atomic E-state index is -1.02. The molecule has 38 heavy (non-hydrogen) atoms. The zero-order chi connectivity index (χ0) is 26.6. The second-order valence-electron chi connectivity index (χ2n) is 14.3. The van der Waals surface area contributed by atoms with Gasteiger partial charge in [0.15, 0.2) is 6.29 Å². The Kier molecular flexibility index (Phi) is 6.10. The van der Waals surface area contributed by atoms with Gasteiger partial charge in [0.05, 0.1) is 24.2 Å². The number of aliphatic hydroxyl groups excluding tert-OH is 2. The zero-order valence-corrected chi connectivity index (χ0v) is 23.3. The fourth-order valence-electron chi connectivity index (χ4n) is 11.1. The molecule has 3 heterocycles. The van der Waals surface area contributed by atoms with Crippen LogP contribution in [0.1, 0.15) is 85.0 Å². The van der Waals surface area contributed by atoms with Gasteiger partial charge in [-0.3, -0.25) is 4.79 Å². The van der Waals surface area contributed by atoms with E-state index in [0.717, 1.165) is 44.9 Å². The molecule has 0 aromatic rings. The first-order valence-corrected chi connectivity index (χ1v) is 15.2. The molecule has 2 bridgehead atoms. The van der Waals surface area contributed by atoms with Crippen molar-refractivity contribution in [3.63, 3.8) is 0 Å². The third-order valence-corrected chi connectivity index (χ3v) is 13.1. The van der Waals surface area contributed by atoms with Crippen molar-refractivity contribution >= 4 is 5.97 Å². The lowest BCUT2D eigenvalue weighted by Crippen LogP contribution is -2.67. The predicted molar refractivity (Wildman–Crippen MR) is 136 cm³/mol. The molecule has 0 spiro atoms. The van der Waals surface area contributed by atoms with Gasteiger partial charge >= 0.3 is 5.97 Å². The Bertz CT molecular complexity index is 959. The first kappa shape index (κ1) is 26.1. The Morgan fingerprint density at radius 3 is 2.53 bits per heavy atom. The van der Waals surface area contributed by atoms with Crippen LogP contribution in [0.3, 0.4) is 0 Å². The molecule has 0 unspecified atom stereocenters. The van der Waals surface area contributed by atoms with Crippen LogP contribution >= 0.6 is 0 Å². The lowest BCUT2D eigenvalue weighted by molar-refractivity contribution is -0.327. The van der Waals surface area contributed by atoms with Crippen molar-refractivity contribution in [1.29, 1.82) is 0 Å². The van der Waals surface area contributed by atoms with Gasteiger partial charge in [-0.15, -0.1) is 0 Å². The maximum atomic E-state index is 12.2. The molecule has 7 rings (SSSR count). The largest absolute Gasteiger partial charge is 0.435 e. The molecule has 4 saturated carbocycles. The summed E-state index contributed by atoms with van der Waals surface area (Å²) >= 11 is 0. The highest BCUT2D eigenvalue weighted by Crippen LogP contribution is 2.74. The van der Waals surface area contributed by atoms with E-state index in [4.69, 9.17) is 23.7 Å². The molecular formula is C30H46O8. The highest BCUT2D eigenvalue weighted by molar-refractivity contribution is 5.72. The van der Waals surface area contributed by atoms with E-state index in [0.29, 0.717) is 30.1 Å². The first-order valence-electron chi connectivity index (χ1n) is 15.2. The van der Waals surface area contributed by atoms with Crippen LogP contribution in [-0.4, -0.2) is 72.0 Å². The molecule has 214 valence electrons. The normalized spacial score (nSPS) is 59.4. The Labute approximate surface area is 226 Å². The predicted octanol–water partition coefficient (Wildman–Crippen LogP) is 3.55. The number of carbonyl (C=O) groups is 1. The van der Waals surface area contributed by atoms with Gasteiger partial charge in [0.1, 0.15) is 18.3 Å². The Morgan fingerprint density at radius 2 is 1.74 bits per heavy atom. The third-order valence-electron chi connectivity index (χ3n) is 13.1. The maximum Gasteiger partial charge on any atom is 0.308 e. The molecular weight excluding hydrogens is 488 g/mol. The quantitative estimate of drug-likeness (QED) is 0.419. The van der Waals surface area contributed by atoms with Crippen LogP contribution in [0.2, 0.25) is 0 Å². The van der Waals surface area contributed by atoms with Crippen molar-refractivity contribution in [2.45, 2.75) is 134 Å². The SMILES string of the molecule is CO[C@H]1[C@@H](O)[C@H](O[C@H]2CC[C@@]3(C)[C@@H](CC[C@H]4[C@H]3CC[C@]3(C)[C@H]5CC[C@]43O[C@H]3OC(=O)C[C@@H]35)C2)O[C@@H](C)[C@H]1O. The van der Waals surface area contributed by atoms with E-state index < -0.39 is 30.7 Å². The number of hydrogen-bond acceptors (Lipinski definition) is 8.